The summed E-state index contributed by atoms with van der Waals surface area (Å²) in [6, 6.07) is 5.27. The maximum Gasteiger partial charge on any atom is 0.262 e. The van der Waals surface area contributed by atoms with Gasteiger partial charge >= 0.3 is 0 Å². The lowest BCUT2D eigenvalue weighted by atomic mass is 10.1. The Bertz CT molecular complexity index is 741. The van der Waals surface area contributed by atoms with Crippen molar-refractivity contribution in [1.29, 1.82) is 5.26 Å². The molecular formula is C18H22IN3O4. The van der Waals surface area contributed by atoms with Gasteiger partial charge in [-0.2, -0.15) is 5.26 Å². The molecule has 0 aliphatic carbocycles. The second kappa shape index (κ2) is 10.7. The summed E-state index contributed by atoms with van der Waals surface area (Å²) >= 11 is 2.03. The minimum absolute atomic E-state index is 0.00523. The van der Waals surface area contributed by atoms with Crippen LogP contribution in [0.3, 0.4) is 0 Å². The first-order chi connectivity index (χ1) is 12.3. The van der Waals surface area contributed by atoms with Crippen LogP contribution >= 0.6 is 22.6 Å². The predicted molar refractivity (Wildman–Crippen MR) is 107 cm³/mol. The first-order valence-corrected chi connectivity index (χ1v) is 9.20. The van der Waals surface area contributed by atoms with Crippen molar-refractivity contribution in [2.24, 2.45) is 5.73 Å². The monoisotopic (exact) mass is 471 g/mol. The number of hydrogen-bond donors (Lipinski definition) is 2. The molecule has 0 unspecified atom stereocenters. The van der Waals surface area contributed by atoms with Gasteiger partial charge in [0.15, 0.2) is 18.1 Å². The summed E-state index contributed by atoms with van der Waals surface area (Å²) in [6.45, 7) is 5.74. The van der Waals surface area contributed by atoms with E-state index in [0.29, 0.717) is 27.2 Å². The third-order valence-electron chi connectivity index (χ3n) is 3.36. The standard InChI is InChI=1S/C18H22IN3O4/c1-4-11(3)22-18(24)13(9-20)6-12-7-14(19)17(26-10-16(21)23)15(8-12)25-5-2/h6-8,11H,4-5,10H2,1-3H3,(H2,21,23)(H,22,24)/b13-6+/t11-/m0/s1. The quantitative estimate of drug-likeness (QED) is 0.326. The fraction of sp³-hybridized carbons (Fsp3) is 0.389. The summed E-state index contributed by atoms with van der Waals surface area (Å²) in [5, 5.41) is 12.1. The molecule has 0 aliphatic heterocycles. The van der Waals surface area contributed by atoms with E-state index in [-0.39, 0.29) is 18.2 Å². The number of nitrogens with one attached hydrogen (secondary N) is 1. The van der Waals surface area contributed by atoms with Crippen LogP contribution in [-0.2, 0) is 9.59 Å². The highest BCUT2D eigenvalue weighted by Gasteiger charge is 2.15. The number of rotatable bonds is 9. The zero-order chi connectivity index (χ0) is 19.7. The van der Waals surface area contributed by atoms with E-state index in [4.69, 9.17) is 15.2 Å². The molecule has 0 aliphatic rings. The van der Waals surface area contributed by atoms with Crippen molar-refractivity contribution in [3.05, 3.63) is 26.8 Å². The number of carbonyl (C=O) groups is 2. The maximum atomic E-state index is 12.2. The Kier molecular flexibility index (Phi) is 8.92. The Labute approximate surface area is 166 Å². The third kappa shape index (κ3) is 6.55. The van der Waals surface area contributed by atoms with Crippen molar-refractivity contribution in [2.45, 2.75) is 33.2 Å². The fourth-order valence-corrected chi connectivity index (χ4v) is 2.72. The molecular weight excluding hydrogens is 449 g/mol. The molecule has 2 amide bonds. The van der Waals surface area contributed by atoms with Crippen LogP contribution in [0.2, 0.25) is 0 Å². The van der Waals surface area contributed by atoms with Gasteiger partial charge in [-0.15, -0.1) is 0 Å². The van der Waals surface area contributed by atoms with E-state index < -0.39 is 11.8 Å². The molecule has 140 valence electrons. The first-order valence-electron chi connectivity index (χ1n) is 8.12. The lowest BCUT2D eigenvalue weighted by Crippen LogP contribution is -2.32. The summed E-state index contributed by atoms with van der Waals surface area (Å²) in [7, 11) is 0. The number of halogens is 1. The average molecular weight is 471 g/mol. The molecule has 0 saturated carbocycles. The lowest BCUT2D eigenvalue weighted by molar-refractivity contribution is -0.120. The highest BCUT2D eigenvalue weighted by atomic mass is 127. The number of ether oxygens (including phenoxy) is 2. The number of nitrogens with two attached hydrogens (primary N) is 1. The molecule has 1 aromatic carbocycles. The second-order valence-electron chi connectivity index (χ2n) is 5.47. The van der Waals surface area contributed by atoms with Crippen molar-refractivity contribution >= 4 is 40.5 Å². The molecule has 0 heterocycles. The van der Waals surface area contributed by atoms with Crippen LogP contribution in [-0.4, -0.2) is 31.1 Å². The molecule has 0 spiro atoms. The molecule has 26 heavy (non-hydrogen) atoms. The van der Waals surface area contributed by atoms with E-state index in [9.17, 15) is 14.9 Å². The number of benzene rings is 1. The van der Waals surface area contributed by atoms with Crippen LogP contribution in [0.15, 0.2) is 17.7 Å². The van der Waals surface area contributed by atoms with Crippen molar-refractivity contribution in [3.8, 4) is 17.6 Å². The molecule has 1 rings (SSSR count). The van der Waals surface area contributed by atoms with Crippen molar-refractivity contribution in [2.75, 3.05) is 13.2 Å². The zero-order valence-electron chi connectivity index (χ0n) is 15.0. The average Bonchev–Trinajstić information content (AvgIpc) is 2.58. The molecule has 0 fully saturated rings. The first kappa shape index (κ1) is 21.8. The maximum absolute atomic E-state index is 12.2. The molecule has 1 aromatic rings. The largest absolute Gasteiger partial charge is 0.490 e. The summed E-state index contributed by atoms with van der Waals surface area (Å²) in [5.41, 5.74) is 5.72. The Hall–Kier alpha value is -2.28. The van der Waals surface area contributed by atoms with E-state index in [0.717, 1.165) is 6.42 Å². The van der Waals surface area contributed by atoms with Crippen LogP contribution < -0.4 is 20.5 Å². The number of nitrogens with zero attached hydrogens (tertiary/aromatic N) is 1. The topological polar surface area (TPSA) is 114 Å². The number of nitriles is 1. The van der Waals surface area contributed by atoms with Gasteiger partial charge in [-0.05, 0) is 66.6 Å². The van der Waals surface area contributed by atoms with E-state index in [1.807, 2.05) is 49.4 Å². The second-order valence-corrected chi connectivity index (χ2v) is 6.63. The molecule has 0 radical (unpaired) electrons. The summed E-state index contributed by atoms with van der Waals surface area (Å²) in [4.78, 5) is 23.1. The highest BCUT2D eigenvalue weighted by molar-refractivity contribution is 14.1. The number of amides is 2. The van der Waals surface area contributed by atoms with Gasteiger partial charge in [-0.25, -0.2) is 0 Å². The number of carbonyl (C=O) groups excluding carboxylic acids is 2. The molecule has 0 bridgehead atoms. The molecule has 1 atom stereocenters. The summed E-state index contributed by atoms with van der Waals surface area (Å²) in [6.07, 6.45) is 2.25. The molecule has 7 nitrogen and oxygen atoms in total. The zero-order valence-corrected chi connectivity index (χ0v) is 17.1. The van der Waals surface area contributed by atoms with E-state index in [2.05, 4.69) is 5.32 Å². The van der Waals surface area contributed by atoms with Gasteiger partial charge in [-0.3, -0.25) is 9.59 Å². The van der Waals surface area contributed by atoms with Crippen molar-refractivity contribution < 1.29 is 19.1 Å². The Morgan fingerprint density at radius 3 is 2.62 bits per heavy atom. The van der Waals surface area contributed by atoms with Crippen LogP contribution in [0.25, 0.3) is 6.08 Å². The highest BCUT2D eigenvalue weighted by Crippen LogP contribution is 2.35. The van der Waals surface area contributed by atoms with E-state index in [1.54, 1.807) is 12.1 Å². The van der Waals surface area contributed by atoms with Gasteiger partial charge in [-0.1, -0.05) is 6.92 Å². The summed E-state index contributed by atoms with van der Waals surface area (Å²) in [5.74, 6) is -0.220. The lowest BCUT2D eigenvalue weighted by Gasteiger charge is -2.14. The van der Waals surface area contributed by atoms with Crippen LogP contribution in [0.5, 0.6) is 11.5 Å². The van der Waals surface area contributed by atoms with Crippen molar-refractivity contribution in [3.63, 3.8) is 0 Å². The molecule has 0 saturated heterocycles. The summed E-state index contributed by atoms with van der Waals surface area (Å²) < 4.78 is 11.6. The van der Waals surface area contributed by atoms with Gasteiger partial charge in [0.1, 0.15) is 11.6 Å². The van der Waals surface area contributed by atoms with Crippen LogP contribution in [0.4, 0.5) is 0 Å². The van der Waals surface area contributed by atoms with E-state index in [1.165, 1.54) is 6.08 Å². The van der Waals surface area contributed by atoms with Gasteiger partial charge in [0.05, 0.1) is 10.2 Å². The van der Waals surface area contributed by atoms with Gasteiger partial charge in [0.25, 0.3) is 11.8 Å². The Morgan fingerprint density at radius 2 is 2.08 bits per heavy atom. The number of primary amides is 1. The molecule has 8 heteroatoms. The van der Waals surface area contributed by atoms with Crippen molar-refractivity contribution in [1.82, 2.24) is 5.32 Å². The van der Waals surface area contributed by atoms with Gasteiger partial charge in [0.2, 0.25) is 0 Å². The SMILES string of the molecule is CCOc1cc(/C=C(\C#N)C(=O)N[C@@H](C)CC)cc(I)c1OCC(N)=O. The normalized spacial score (nSPS) is 12.0. The minimum atomic E-state index is -0.597. The fourth-order valence-electron chi connectivity index (χ4n) is 1.94. The van der Waals surface area contributed by atoms with Gasteiger partial charge < -0.3 is 20.5 Å². The Balaban J connectivity index is 3.21. The molecule has 0 aromatic heterocycles. The smallest absolute Gasteiger partial charge is 0.262 e. The molecule has 3 N–H and O–H groups in total. The minimum Gasteiger partial charge on any atom is -0.490 e. The van der Waals surface area contributed by atoms with Crippen LogP contribution in [0.1, 0.15) is 32.8 Å². The number of hydrogen-bond acceptors (Lipinski definition) is 5. The third-order valence-corrected chi connectivity index (χ3v) is 4.16. The van der Waals surface area contributed by atoms with Crippen LogP contribution in [0, 0.1) is 14.9 Å². The van der Waals surface area contributed by atoms with Gasteiger partial charge in [0, 0.05) is 6.04 Å². The van der Waals surface area contributed by atoms with E-state index >= 15 is 0 Å². The Morgan fingerprint density at radius 1 is 1.38 bits per heavy atom. The predicted octanol–water partition coefficient (Wildman–Crippen LogP) is 2.38.